The van der Waals surface area contributed by atoms with Gasteiger partial charge in [-0.15, -0.1) is 0 Å². The Hall–Kier alpha value is -1.90. The van der Waals surface area contributed by atoms with Gasteiger partial charge in [0.1, 0.15) is 6.29 Å². The molecule has 0 aromatic heterocycles. The van der Waals surface area contributed by atoms with Crippen molar-refractivity contribution in [3.05, 3.63) is 48.6 Å². The van der Waals surface area contributed by atoms with Gasteiger partial charge in [0.05, 0.1) is 6.61 Å². The second-order valence-electron chi connectivity index (χ2n) is 8.31. The smallest absolute Gasteiger partial charge is 0.302 e. The largest absolute Gasteiger partial charge is 0.466 e. The predicted octanol–water partition coefficient (Wildman–Crippen LogP) is 9.24. The molecular weight excluding hydrogens is 408 g/mol. The maximum absolute atomic E-state index is 10.5. The maximum atomic E-state index is 10.5. The summed E-state index contributed by atoms with van der Waals surface area (Å²) < 4.78 is 4.84. The Kier molecular flexibility index (Phi) is 32.5. The number of carbonyl (C=O) groups is 2. The highest BCUT2D eigenvalue weighted by molar-refractivity contribution is 5.65. The van der Waals surface area contributed by atoms with Gasteiger partial charge in [-0.2, -0.15) is 0 Å². The minimum absolute atomic E-state index is 0.186. The summed E-state index contributed by atoms with van der Waals surface area (Å²) in [5, 5.41) is 0. The average Bonchev–Trinajstić information content (AvgIpc) is 2.81. The molecule has 0 amide bonds. The molecule has 0 saturated carbocycles. The van der Waals surface area contributed by atoms with E-state index in [1.807, 2.05) is 0 Å². The van der Waals surface area contributed by atoms with Crippen molar-refractivity contribution >= 4 is 12.3 Å². The summed E-state index contributed by atoms with van der Waals surface area (Å²) in [4.78, 5) is 20.5. The molecule has 0 fully saturated rings. The fourth-order valence-electron chi connectivity index (χ4n) is 2.92. The van der Waals surface area contributed by atoms with Gasteiger partial charge in [0.25, 0.3) is 0 Å². The van der Waals surface area contributed by atoms with E-state index >= 15 is 0 Å². The quantitative estimate of drug-likeness (QED) is 0.0563. The molecule has 3 nitrogen and oxygen atoms in total. The van der Waals surface area contributed by atoms with Crippen LogP contribution in [0, 0.1) is 0 Å². The Balaban J connectivity index is 0. The van der Waals surface area contributed by atoms with E-state index in [1.54, 1.807) is 0 Å². The molecule has 190 valence electrons. The highest BCUT2D eigenvalue weighted by Gasteiger charge is 1.91. The van der Waals surface area contributed by atoms with Crippen molar-refractivity contribution in [2.75, 3.05) is 6.61 Å². The lowest BCUT2D eigenvalue weighted by Gasteiger charge is -1.98. The molecule has 0 aliphatic heterocycles. The first kappa shape index (κ1) is 33.3. The molecule has 0 saturated heterocycles. The van der Waals surface area contributed by atoms with Gasteiger partial charge in [0.15, 0.2) is 0 Å². The lowest BCUT2D eigenvalue weighted by atomic mass is 10.1. The molecule has 0 rings (SSSR count). The average molecular weight is 461 g/mol. The van der Waals surface area contributed by atoms with Crippen molar-refractivity contribution in [3.8, 4) is 0 Å². The zero-order valence-corrected chi connectivity index (χ0v) is 21.9. The van der Waals surface area contributed by atoms with Crippen molar-refractivity contribution in [2.24, 2.45) is 0 Å². The Morgan fingerprint density at radius 1 is 0.606 bits per heavy atom. The molecule has 0 unspecified atom stereocenters. The van der Waals surface area contributed by atoms with Crippen molar-refractivity contribution in [3.63, 3.8) is 0 Å². The lowest BCUT2D eigenvalue weighted by Crippen LogP contribution is -1.99. The molecule has 0 aliphatic carbocycles. The highest BCUT2D eigenvalue weighted by Crippen LogP contribution is 2.05. The summed E-state index contributed by atoms with van der Waals surface area (Å²) in [5.74, 6) is -0.186. The first-order valence-electron chi connectivity index (χ1n) is 13.4. The molecule has 0 spiro atoms. The van der Waals surface area contributed by atoms with Crippen molar-refractivity contribution < 1.29 is 14.3 Å². The van der Waals surface area contributed by atoms with Crippen LogP contribution in [0.25, 0.3) is 0 Å². The molecule has 0 radical (unpaired) electrons. The molecule has 0 heterocycles. The summed E-state index contributed by atoms with van der Waals surface area (Å²) in [6.07, 6.45) is 37.0. The fraction of sp³-hybridized carbons (Fsp3) is 0.667. The van der Waals surface area contributed by atoms with E-state index < -0.39 is 0 Å². The van der Waals surface area contributed by atoms with Gasteiger partial charge in [0.2, 0.25) is 0 Å². The van der Waals surface area contributed by atoms with Crippen LogP contribution in [0.1, 0.15) is 124 Å². The van der Waals surface area contributed by atoms with Crippen LogP contribution in [0.5, 0.6) is 0 Å². The lowest BCUT2D eigenvalue weighted by molar-refractivity contribution is -0.141. The van der Waals surface area contributed by atoms with E-state index in [2.05, 4.69) is 62.5 Å². The molecule has 0 aliphatic rings. The molecule has 0 atom stereocenters. The van der Waals surface area contributed by atoms with Crippen LogP contribution in [0.2, 0.25) is 0 Å². The van der Waals surface area contributed by atoms with Crippen LogP contribution < -0.4 is 0 Å². The third-order valence-corrected chi connectivity index (χ3v) is 4.95. The van der Waals surface area contributed by atoms with E-state index in [-0.39, 0.29) is 5.97 Å². The standard InChI is InChI=1S/C16H28O.C14H24O2/c1-2-3-4-5-6-7-8-9-10-11-12-13-14-15-16-17;1-3-4-5-6-7-8-9-10-11-12-13-16-14(2)15/h5-6,8-9,16H,2-4,7,10-15H2,1H3;6-9H,3-5,10-13H2,1-2H3/b6-5-,9-8+;7-6-,9-8+. The highest BCUT2D eigenvalue weighted by atomic mass is 16.5. The van der Waals surface area contributed by atoms with Crippen molar-refractivity contribution in [1.82, 2.24) is 0 Å². The second kappa shape index (κ2) is 32.3. The number of hydrogen-bond donors (Lipinski definition) is 0. The molecule has 3 heteroatoms. The number of rotatable bonds is 21. The summed E-state index contributed by atoms with van der Waals surface area (Å²) >= 11 is 0. The summed E-state index contributed by atoms with van der Waals surface area (Å²) in [6.45, 7) is 6.42. The summed E-state index contributed by atoms with van der Waals surface area (Å²) in [5.41, 5.74) is 0. The van der Waals surface area contributed by atoms with Crippen LogP contribution in [0.4, 0.5) is 0 Å². The van der Waals surface area contributed by atoms with Gasteiger partial charge >= 0.3 is 5.97 Å². The number of unbranched alkanes of at least 4 members (excludes halogenated alkanes) is 11. The van der Waals surface area contributed by atoms with Crippen LogP contribution in [-0.2, 0) is 14.3 Å². The van der Waals surface area contributed by atoms with E-state index in [4.69, 9.17) is 4.74 Å². The number of carbonyl (C=O) groups excluding carboxylic acids is 2. The van der Waals surface area contributed by atoms with E-state index in [0.29, 0.717) is 6.61 Å². The van der Waals surface area contributed by atoms with E-state index in [1.165, 1.54) is 71.1 Å². The zero-order chi connectivity index (χ0) is 24.7. The van der Waals surface area contributed by atoms with E-state index in [0.717, 1.165) is 44.8 Å². The normalized spacial score (nSPS) is 11.5. The first-order chi connectivity index (χ1) is 16.2. The van der Waals surface area contributed by atoms with Gasteiger partial charge < -0.3 is 9.53 Å². The van der Waals surface area contributed by atoms with Gasteiger partial charge in [-0.05, 0) is 57.8 Å². The maximum Gasteiger partial charge on any atom is 0.302 e. The second-order valence-corrected chi connectivity index (χ2v) is 8.31. The third kappa shape index (κ3) is 37.7. The summed E-state index contributed by atoms with van der Waals surface area (Å²) in [7, 11) is 0. The third-order valence-electron chi connectivity index (χ3n) is 4.95. The Bertz CT molecular complexity index is 515. The van der Waals surface area contributed by atoms with E-state index in [9.17, 15) is 9.59 Å². The van der Waals surface area contributed by atoms with Gasteiger partial charge in [-0.25, -0.2) is 0 Å². The van der Waals surface area contributed by atoms with Gasteiger partial charge in [0, 0.05) is 13.3 Å². The van der Waals surface area contributed by atoms with Crippen molar-refractivity contribution in [2.45, 2.75) is 124 Å². The fourth-order valence-corrected chi connectivity index (χ4v) is 2.92. The predicted molar refractivity (Wildman–Crippen MR) is 144 cm³/mol. The molecule has 0 aromatic carbocycles. The number of hydrogen-bond acceptors (Lipinski definition) is 3. The van der Waals surface area contributed by atoms with Crippen molar-refractivity contribution in [1.29, 1.82) is 0 Å². The number of esters is 1. The van der Waals surface area contributed by atoms with Crippen LogP contribution in [0.15, 0.2) is 48.6 Å². The SMILES string of the molecule is CCCC/C=C\C/C=C/CCCCCCC=O.CCCC/C=C\C=C\CCCCOC(C)=O. The topological polar surface area (TPSA) is 43.4 Å². The van der Waals surface area contributed by atoms with Crippen LogP contribution in [0.3, 0.4) is 0 Å². The first-order valence-corrected chi connectivity index (χ1v) is 13.4. The number of allylic oxidation sites excluding steroid dienone is 8. The number of aldehydes is 1. The minimum atomic E-state index is -0.186. The molecular formula is C30H52O3. The Morgan fingerprint density at radius 3 is 1.64 bits per heavy atom. The zero-order valence-electron chi connectivity index (χ0n) is 21.9. The molecule has 0 bridgehead atoms. The van der Waals surface area contributed by atoms with Crippen LogP contribution >= 0.6 is 0 Å². The Labute approximate surface area is 205 Å². The van der Waals surface area contributed by atoms with Gasteiger partial charge in [-0.3, -0.25) is 4.79 Å². The monoisotopic (exact) mass is 460 g/mol. The molecule has 0 N–H and O–H groups in total. The summed E-state index contributed by atoms with van der Waals surface area (Å²) in [6, 6.07) is 0. The van der Waals surface area contributed by atoms with Gasteiger partial charge in [-0.1, -0.05) is 101 Å². The molecule has 0 aromatic rings. The molecule has 33 heavy (non-hydrogen) atoms. The number of ether oxygens (including phenoxy) is 1. The van der Waals surface area contributed by atoms with Crippen LogP contribution in [-0.4, -0.2) is 18.9 Å². The Morgan fingerprint density at radius 2 is 1.09 bits per heavy atom. The minimum Gasteiger partial charge on any atom is -0.466 e.